The number of benzene rings is 2. The van der Waals surface area contributed by atoms with E-state index in [0.29, 0.717) is 9.79 Å². The molecule has 0 spiro atoms. The predicted octanol–water partition coefficient (Wildman–Crippen LogP) is 3.58. The topological polar surface area (TPSA) is 80.4 Å². The molecule has 0 radical (unpaired) electrons. The summed E-state index contributed by atoms with van der Waals surface area (Å²) in [5, 5.41) is 19.7. The van der Waals surface area contributed by atoms with Gasteiger partial charge < -0.3 is 5.11 Å². The number of rotatable bonds is 4. The van der Waals surface area contributed by atoms with Crippen molar-refractivity contribution in [1.29, 1.82) is 0 Å². The van der Waals surface area contributed by atoms with Gasteiger partial charge in [0.15, 0.2) is 0 Å². The second-order valence-electron chi connectivity index (χ2n) is 3.80. The Hall–Kier alpha value is -2.41. The normalized spacial score (nSPS) is 10.2. The van der Waals surface area contributed by atoms with Crippen molar-refractivity contribution in [2.24, 2.45) is 0 Å². The first-order valence-corrected chi connectivity index (χ1v) is 6.24. The van der Waals surface area contributed by atoms with Gasteiger partial charge in [-0.3, -0.25) is 10.1 Å². The van der Waals surface area contributed by atoms with Crippen molar-refractivity contribution in [3.63, 3.8) is 0 Å². The highest BCUT2D eigenvalue weighted by Gasteiger charge is 2.20. The minimum absolute atomic E-state index is 0.392. The Morgan fingerprint density at radius 2 is 1.90 bits per heavy atom. The lowest BCUT2D eigenvalue weighted by Gasteiger charge is -2.04. The maximum Gasteiger partial charge on any atom is 0.342 e. The number of hydrogen-bond donors (Lipinski definition) is 1. The molecule has 0 aromatic heterocycles. The first kappa shape index (κ1) is 14.0. The van der Waals surface area contributed by atoms with Crippen LogP contribution >= 0.6 is 11.8 Å². The molecule has 20 heavy (non-hydrogen) atoms. The van der Waals surface area contributed by atoms with Gasteiger partial charge >= 0.3 is 5.97 Å². The third-order valence-electron chi connectivity index (χ3n) is 2.43. The van der Waals surface area contributed by atoms with Gasteiger partial charge in [-0.1, -0.05) is 17.8 Å². The fraction of sp³-hybridized carbons (Fsp3) is 0. The van der Waals surface area contributed by atoms with Crippen LogP contribution in [0.1, 0.15) is 10.4 Å². The molecule has 0 bridgehead atoms. The predicted molar refractivity (Wildman–Crippen MR) is 70.6 cm³/mol. The van der Waals surface area contributed by atoms with Gasteiger partial charge in [0.05, 0.1) is 4.92 Å². The van der Waals surface area contributed by atoms with Gasteiger partial charge in [0.25, 0.3) is 5.69 Å². The lowest BCUT2D eigenvalue weighted by molar-refractivity contribution is -0.385. The Labute approximate surface area is 117 Å². The number of aromatic carboxylic acids is 1. The third kappa shape index (κ3) is 3.12. The molecule has 7 heteroatoms. The maximum absolute atomic E-state index is 13.1. The van der Waals surface area contributed by atoms with Crippen molar-refractivity contribution in [3.8, 4) is 0 Å². The Kier molecular flexibility index (Phi) is 3.99. The number of carbonyl (C=O) groups is 1. The number of carboxylic acids is 1. The summed E-state index contributed by atoms with van der Waals surface area (Å²) in [4.78, 5) is 22.1. The maximum atomic E-state index is 13.1. The monoisotopic (exact) mass is 293 g/mol. The molecule has 0 saturated heterocycles. The van der Waals surface area contributed by atoms with E-state index < -0.39 is 28.0 Å². The molecule has 0 unspecified atom stereocenters. The molecule has 0 amide bonds. The van der Waals surface area contributed by atoms with Crippen molar-refractivity contribution in [2.45, 2.75) is 9.79 Å². The largest absolute Gasteiger partial charge is 0.477 e. The minimum Gasteiger partial charge on any atom is -0.477 e. The summed E-state index contributed by atoms with van der Waals surface area (Å²) in [7, 11) is 0. The lowest BCUT2D eigenvalue weighted by Crippen LogP contribution is -2.02. The molecule has 0 atom stereocenters. The first-order valence-electron chi connectivity index (χ1n) is 5.42. The highest BCUT2D eigenvalue weighted by atomic mass is 32.2. The minimum atomic E-state index is -1.38. The highest BCUT2D eigenvalue weighted by Crippen LogP contribution is 2.31. The quantitative estimate of drug-likeness (QED) is 0.688. The van der Waals surface area contributed by atoms with Gasteiger partial charge in [0.2, 0.25) is 0 Å². The average Bonchev–Trinajstić information content (AvgIpc) is 2.38. The van der Waals surface area contributed by atoms with Gasteiger partial charge in [-0.05, 0) is 30.3 Å². The van der Waals surface area contributed by atoms with E-state index in [4.69, 9.17) is 5.11 Å². The molecule has 5 nitrogen and oxygen atoms in total. The van der Waals surface area contributed by atoms with E-state index in [1.54, 1.807) is 6.07 Å². The number of nitro benzene ring substituents is 1. The average molecular weight is 293 g/mol. The van der Waals surface area contributed by atoms with Crippen molar-refractivity contribution in [1.82, 2.24) is 0 Å². The summed E-state index contributed by atoms with van der Waals surface area (Å²) in [6.07, 6.45) is 0. The molecule has 2 aromatic carbocycles. The molecule has 0 aliphatic heterocycles. The molecule has 102 valence electrons. The highest BCUT2D eigenvalue weighted by molar-refractivity contribution is 7.99. The van der Waals surface area contributed by atoms with E-state index in [1.807, 2.05) is 0 Å². The number of carboxylic acid groups (broad SMARTS) is 1. The van der Waals surface area contributed by atoms with Crippen LogP contribution in [-0.4, -0.2) is 16.0 Å². The van der Waals surface area contributed by atoms with Crippen LogP contribution in [0, 0.1) is 15.9 Å². The second kappa shape index (κ2) is 5.70. The van der Waals surface area contributed by atoms with E-state index in [9.17, 15) is 19.3 Å². The second-order valence-corrected chi connectivity index (χ2v) is 4.95. The van der Waals surface area contributed by atoms with Crippen molar-refractivity contribution >= 4 is 23.4 Å². The lowest BCUT2D eigenvalue weighted by atomic mass is 10.2. The molecule has 2 aromatic rings. The zero-order valence-electron chi connectivity index (χ0n) is 9.95. The van der Waals surface area contributed by atoms with Gasteiger partial charge in [0, 0.05) is 15.9 Å². The summed E-state index contributed by atoms with van der Waals surface area (Å²) in [5.41, 5.74) is -0.863. The summed E-state index contributed by atoms with van der Waals surface area (Å²) in [6, 6.07) is 9.55. The summed E-state index contributed by atoms with van der Waals surface area (Å²) in [5.74, 6) is -1.78. The van der Waals surface area contributed by atoms with Gasteiger partial charge in [-0.25, -0.2) is 9.18 Å². The fourth-order valence-electron chi connectivity index (χ4n) is 1.58. The molecule has 0 aliphatic rings. The number of halogens is 1. The number of nitro groups is 1. The van der Waals surface area contributed by atoms with Crippen LogP contribution in [0.15, 0.2) is 52.3 Å². The van der Waals surface area contributed by atoms with E-state index in [2.05, 4.69) is 0 Å². The van der Waals surface area contributed by atoms with Crippen LogP contribution in [0.4, 0.5) is 10.1 Å². The zero-order chi connectivity index (χ0) is 14.7. The smallest absolute Gasteiger partial charge is 0.342 e. The van der Waals surface area contributed by atoms with Gasteiger partial charge in [-0.2, -0.15) is 0 Å². The van der Waals surface area contributed by atoms with Crippen LogP contribution < -0.4 is 0 Å². The Morgan fingerprint density at radius 1 is 1.20 bits per heavy atom. The molecule has 0 heterocycles. The van der Waals surface area contributed by atoms with Crippen molar-refractivity contribution in [3.05, 3.63) is 64.0 Å². The van der Waals surface area contributed by atoms with Crippen LogP contribution in [0.3, 0.4) is 0 Å². The first-order chi connectivity index (χ1) is 9.47. The van der Waals surface area contributed by atoms with Crippen molar-refractivity contribution < 1.29 is 19.2 Å². The van der Waals surface area contributed by atoms with E-state index in [-0.39, 0.29) is 0 Å². The SMILES string of the molecule is O=C(O)c1cc(Sc2cccc(F)c2)ccc1[N+](=O)[O-]. The summed E-state index contributed by atoms with van der Waals surface area (Å²) >= 11 is 1.13. The van der Waals surface area contributed by atoms with E-state index in [0.717, 1.165) is 17.8 Å². The Bertz CT molecular complexity index is 690. The molecule has 2 rings (SSSR count). The van der Waals surface area contributed by atoms with E-state index in [1.165, 1.54) is 30.3 Å². The molecular formula is C13H8FNO4S. The molecule has 0 aliphatic carbocycles. The third-order valence-corrected chi connectivity index (χ3v) is 3.41. The van der Waals surface area contributed by atoms with Crippen molar-refractivity contribution in [2.75, 3.05) is 0 Å². The van der Waals surface area contributed by atoms with Crippen LogP contribution in [0.5, 0.6) is 0 Å². The Morgan fingerprint density at radius 3 is 2.50 bits per heavy atom. The number of hydrogen-bond acceptors (Lipinski definition) is 4. The van der Waals surface area contributed by atoms with Crippen LogP contribution in [0.2, 0.25) is 0 Å². The van der Waals surface area contributed by atoms with Gasteiger partial charge in [-0.15, -0.1) is 0 Å². The zero-order valence-corrected chi connectivity index (χ0v) is 10.8. The molecular weight excluding hydrogens is 285 g/mol. The van der Waals surface area contributed by atoms with Gasteiger partial charge in [0.1, 0.15) is 11.4 Å². The Balaban J connectivity index is 2.36. The number of nitrogens with zero attached hydrogens (tertiary/aromatic N) is 1. The van der Waals surface area contributed by atoms with E-state index >= 15 is 0 Å². The van der Waals surface area contributed by atoms with Crippen LogP contribution in [0.25, 0.3) is 0 Å². The summed E-state index contributed by atoms with van der Waals surface area (Å²) in [6.45, 7) is 0. The van der Waals surface area contributed by atoms with Crippen LogP contribution in [-0.2, 0) is 0 Å². The summed E-state index contributed by atoms with van der Waals surface area (Å²) < 4.78 is 13.1. The molecule has 0 fully saturated rings. The standard InChI is InChI=1S/C13H8FNO4S/c14-8-2-1-3-9(6-8)20-10-4-5-12(15(18)19)11(7-10)13(16)17/h1-7H,(H,16,17). The molecule has 1 N–H and O–H groups in total. The molecule has 0 saturated carbocycles. The fourth-order valence-corrected chi connectivity index (χ4v) is 2.48.